The molecule has 10 heavy (non-hydrogen) atoms. The summed E-state index contributed by atoms with van der Waals surface area (Å²) < 4.78 is 7.33. The Bertz CT molecular complexity index is 147. The smallest absolute Gasteiger partial charge is 0.308 e. The third-order valence-electron chi connectivity index (χ3n) is 1.29. The molecular formula is C5H10N2O2S. The molecule has 1 heterocycles. The van der Waals surface area contributed by atoms with E-state index in [0.29, 0.717) is 0 Å². The van der Waals surface area contributed by atoms with Crippen LogP contribution in [0.25, 0.3) is 0 Å². The van der Waals surface area contributed by atoms with Crippen LogP contribution < -0.4 is 10.5 Å². The quantitative estimate of drug-likeness (QED) is 0.421. The first-order valence-corrected chi connectivity index (χ1v) is 3.89. The van der Waals surface area contributed by atoms with Crippen molar-refractivity contribution in [1.82, 2.24) is 4.72 Å². The number of nitrogens with one attached hydrogen (secondary N) is 1. The van der Waals surface area contributed by atoms with Crippen molar-refractivity contribution in [3.8, 4) is 0 Å². The van der Waals surface area contributed by atoms with Gasteiger partial charge in [0.05, 0.1) is 19.2 Å². The highest BCUT2D eigenvalue weighted by Gasteiger charge is 2.35. The van der Waals surface area contributed by atoms with E-state index in [0.717, 1.165) is 5.75 Å². The number of rotatable bonds is 2. The van der Waals surface area contributed by atoms with Gasteiger partial charge in [0.1, 0.15) is 0 Å². The van der Waals surface area contributed by atoms with Crippen LogP contribution in [0, 0.1) is 0 Å². The Morgan fingerprint density at radius 1 is 2.00 bits per heavy atom. The SMILES string of the molecule is COC(=O)CC1(N)CSN1. The number of ether oxygens (including phenoxy) is 1. The normalized spacial score (nSPS) is 31.0. The maximum atomic E-state index is 10.7. The van der Waals surface area contributed by atoms with Crippen molar-refractivity contribution in [1.29, 1.82) is 0 Å². The Kier molecular flexibility index (Phi) is 2.18. The van der Waals surface area contributed by atoms with Gasteiger partial charge in [0.2, 0.25) is 0 Å². The highest BCUT2D eigenvalue weighted by atomic mass is 32.2. The molecule has 1 aliphatic rings. The van der Waals surface area contributed by atoms with Crippen LogP contribution in [0.5, 0.6) is 0 Å². The van der Waals surface area contributed by atoms with Crippen LogP contribution in [-0.2, 0) is 9.53 Å². The molecule has 1 unspecified atom stereocenters. The summed E-state index contributed by atoms with van der Waals surface area (Å²) in [5.41, 5.74) is 5.13. The van der Waals surface area contributed by atoms with Gasteiger partial charge < -0.3 is 10.5 Å². The van der Waals surface area contributed by atoms with Crippen LogP contribution in [0.4, 0.5) is 0 Å². The predicted molar refractivity (Wildman–Crippen MR) is 39.1 cm³/mol. The number of esters is 1. The van der Waals surface area contributed by atoms with E-state index in [1.165, 1.54) is 19.1 Å². The van der Waals surface area contributed by atoms with Crippen LogP contribution in [0.15, 0.2) is 0 Å². The number of nitrogens with two attached hydrogens (primary N) is 1. The summed E-state index contributed by atoms with van der Waals surface area (Å²) in [5.74, 6) is 0.498. The van der Waals surface area contributed by atoms with Gasteiger partial charge in [-0.25, -0.2) is 4.72 Å². The first-order chi connectivity index (χ1) is 4.66. The summed E-state index contributed by atoms with van der Waals surface area (Å²) in [6.45, 7) is 0. The van der Waals surface area contributed by atoms with Gasteiger partial charge in [-0.05, 0) is 0 Å². The summed E-state index contributed by atoms with van der Waals surface area (Å²) in [6.07, 6.45) is 0.247. The van der Waals surface area contributed by atoms with Crippen LogP contribution in [0.2, 0.25) is 0 Å². The molecule has 1 aliphatic heterocycles. The molecule has 0 amide bonds. The first kappa shape index (κ1) is 7.84. The lowest BCUT2D eigenvalue weighted by Gasteiger charge is -2.37. The van der Waals surface area contributed by atoms with E-state index >= 15 is 0 Å². The van der Waals surface area contributed by atoms with Crippen molar-refractivity contribution in [2.75, 3.05) is 12.9 Å². The van der Waals surface area contributed by atoms with Crippen LogP contribution in [0.1, 0.15) is 6.42 Å². The lowest BCUT2D eigenvalue weighted by atomic mass is 10.1. The van der Waals surface area contributed by atoms with E-state index in [1.807, 2.05) is 0 Å². The highest BCUT2D eigenvalue weighted by Crippen LogP contribution is 2.22. The van der Waals surface area contributed by atoms with E-state index < -0.39 is 5.66 Å². The second kappa shape index (κ2) is 2.77. The van der Waals surface area contributed by atoms with E-state index in [-0.39, 0.29) is 12.4 Å². The molecular weight excluding hydrogens is 152 g/mol. The van der Waals surface area contributed by atoms with E-state index in [1.54, 1.807) is 0 Å². The average molecular weight is 162 g/mol. The number of carbonyl (C=O) groups excluding carboxylic acids is 1. The van der Waals surface area contributed by atoms with Crippen molar-refractivity contribution in [2.45, 2.75) is 12.1 Å². The zero-order valence-corrected chi connectivity index (χ0v) is 6.53. The first-order valence-electron chi connectivity index (χ1n) is 2.91. The Morgan fingerprint density at radius 2 is 2.60 bits per heavy atom. The molecule has 0 bridgehead atoms. The fourth-order valence-electron chi connectivity index (χ4n) is 0.674. The van der Waals surface area contributed by atoms with Crippen molar-refractivity contribution in [3.05, 3.63) is 0 Å². The molecule has 0 aliphatic carbocycles. The molecule has 1 fully saturated rings. The zero-order chi connectivity index (χ0) is 7.61. The molecule has 0 spiro atoms. The van der Waals surface area contributed by atoms with Crippen LogP contribution in [0.3, 0.4) is 0 Å². The molecule has 0 aromatic rings. The summed E-state index contributed by atoms with van der Waals surface area (Å²) in [4.78, 5) is 10.7. The van der Waals surface area contributed by atoms with Crippen LogP contribution >= 0.6 is 11.9 Å². The average Bonchev–Trinajstić information content (AvgIpc) is 1.84. The van der Waals surface area contributed by atoms with Gasteiger partial charge >= 0.3 is 5.97 Å². The van der Waals surface area contributed by atoms with Crippen molar-refractivity contribution in [3.63, 3.8) is 0 Å². The number of methoxy groups -OCH3 is 1. The van der Waals surface area contributed by atoms with E-state index in [4.69, 9.17) is 5.73 Å². The van der Waals surface area contributed by atoms with Gasteiger partial charge in [0.15, 0.2) is 0 Å². The molecule has 0 aromatic heterocycles. The summed E-state index contributed by atoms with van der Waals surface area (Å²) in [7, 11) is 1.36. The Balaban J connectivity index is 2.29. The van der Waals surface area contributed by atoms with Gasteiger partial charge in [-0.2, -0.15) is 0 Å². The van der Waals surface area contributed by atoms with Gasteiger partial charge in [-0.1, -0.05) is 11.9 Å². The monoisotopic (exact) mass is 162 g/mol. The number of hydrogen-bond acceptors (Lipinski definition) is 5. The number of hydrogen-bond donors (Lipinski definition) is 2. The molecule has 3 N–H and O–H groups in total. The third-order valence-corrected chi connectivity index (χ3v) is 2.50. The third kappa shape index (κ3) is 1.62. The second-order valence-electron chi connectivity index (χ2n) is 2.30. The van der Waals surface area contributed by atoms with Crippen molar-refractivity contribution < 1.29 is 9.53 Å². The van der Waals surface area contributed by atoms with E-state index in [9.17, 15) is 4.79 Å². The fourth-order valence-corrected chi connectivity index (χ4v) is 1.36. The second-order valence-corrected chi connectivity index (χ2v) is 3.08. The Hall–Kier alpha value is -0.260. The molecule has 1 saturated heterocycles. The van der Waals surface area contributed by atoms with Crippen molar-refractivity contribution >= 4 is 17.9 Å². The largest absolute Gasteiger partial charge is 0.469 e. The molecule has 0 aromatic carbocycles. The van der Waals surface area contributed by atoms with Crippen molar-refractivity contribution in [2.24, 2.45) is 5.73 Å². The molecule has 5 heteroatoms. The zero-order valence-electron chi connectivity index (χ0n) is 5.72. The maximum absolute atomic E-state index is 10.7. The Morgan fingerprint density at radius 3 is 2.90 bits per heavy atom. The highest BCUT2D eigenvalue weighted by molar-refractivity contribution is 7.98. The minimum atomic E-state index is -0.516. The maximum Gasteiger partial charge on any atom is 0.308 e. The molecule has 4 nitrogen and oxygen atoms in total. The fraction of sp³-hybridized carbons (Fsp3) is 0.800. The summed E-state index contributed by atoms with van der Waals surface area (Å²) in [5, 5.41) is 0. The standard InChI is InChI=1S/C5H10N2O2S/c1-9-4(8)2-5(6)3-10-7-5/h7H,2-3,6H2,1H3. The van der Waals surface area contributed by atoms with Gasteiger partial charge in [-0.15, -0.1) is 0 Å². The van der Waals surface area contributed by atoms with Gasteiger partial charge in [-0.3, -0.25) is 4.79 Å². The Labute approximate surface area is 63.6 Å². The molecule has 1 atom stereocenters. The molecule has 0 saturated carbocycles. The predicted octanol–water partition coefficient (Wildman–Crippen LogP) is -0.544. The summed E-state index contributed by atoms with van der Waals surface area (Å²) in [6, 6.07) is 0. The minimum Gasteiger partial charge on any atom is -0.469 e. The molecule has 0 radical (unpaired) electrons. The van der Waals surface area contributed by atoms with E-state index in [2.05, 4.69) is 9.46 Å². The molecule has 58 valence electrons. The van der Waals surface area contributed by atoms with Crippen LogP contribution in [-0.4, -0.2) is 24.5 Å². The topological polar surface area (TPSA) is 64.3 Å². The number of carbonyl (C=O) groups is 1. The van der Waals surface area contributed by atoms with Gasteiger partial charge in [0.25, 0.3) is 0 Å². The summed E-state index contributed by atoms with van der Waals surface area (Å²) >= 11 is 1.51. The lowest BCUT2D eigenvalue weighted by Crippen LogP contribution is -2.61. The van der Waals surface area contributed by atoms with Gasteiger partial charge in [0, 0.05) is 5.75 Å². The lowest BCUT2D eigenvalue weighted by molar-refractivity contribution is -0.142. The minimum absolute atomic E-state index is 0.247. The molecule has 1 rings (SSSR count).